The van der Waals surface area contributed by atoms with E-state index in [-0.39, 0.29) is 6.16 Å². The summed E-state index contributed by atoms with van der Waals surface area (Å²) in [6.45, 7) is 0. The molecule has 0 radical (unpaired) electrons. The summed E-state index contributed by atoms with van der Waals surface area (Å²) >= 11 is 0. The van der Waals surface area contributed by atoms with Gasteiger partial charge < -0.3 is 10.6 Å². The summed E-state index contributed by atoms with van der Waals surface area (Å²) in [5, 5.41) is 0. The molecule has 2 atom stereocenters. The molecule has 0 aliphatic carbocycles. The molecule has 10 heavy (non-hydrogen) atoms. The highest BCUT2D eigenvalue weighted by Gasteiger charge is 2.23. The summed E-state index contributed by atoms with van der Waals surface area (Å²) in [6.07, 6.45) is 0.228. The number of amides is 1. The van der Waals surface area contributed by atoms with Gasteiger partial charge in [-0.25, -0.2) is 4.79 Å². The van der Waals surface area contributed by atoms with Gasteiger partial charge >= 0.3 is 5.97 Å². The summed E-state index contributed by atoms with van der Waals surface area (Å²) < 4.78 is 0. The van der Waals surface area contributed by atoms with Crippen LogP contribution in [-0.4, -0.2) is 18.0 Å². The van der Waals surface area contributed by atoms with Gasteiger partial charge in [0.25, 0.3) is 0 Å². The molecule has 0 rings (SSSR count). The van der Waals surface area contributed by atoms with Crippen LogP contribution in [0.1, 0.15) is 0 Å². The van der Waals surface area contributed by atoms with Crippen molar-refractivity contribution in [3.63, 3.8) is 0 Å². The third-order valence-corrected chi connectivity index (χ3v) is 1.45. The van der Waals surface area contributed by atoms with Crippen molar-refractivity contribution in [2.45, 2.75) is 0 Å². The summed E-state index contributed by atoms with van der Waals surface area (Å²) in [6, 6.07) is 0. The summed E-state index contributed by atoms with van der Waals surface area (Å²) in [7, 11) is 2.20. The van der Waals surface area contributed by atoms with Crippen molar-refractivity contribution in [1.82, 2.24) is 0 Å². The van der Waals surface area contributed by atoms with E-state index in [1.807, 2.05) is 0 Å². The molecule has 0 heterocycles. The Morgan fingerprint density at radius 2 is 2.10 bits per heavy atom. The van der Waals surface area contributed by atoms with Crippen molar-refractivity contribution in [3.8, 4) is 0 Å². The number of carbonyl (C=O) groups is 2. The minimum atomic E-state index is -0.949. The SMILES string of the molecule is NOC(=O)C(CP)C(N)=O. The van der Waals surface area contributed by atoms with Gasteiger partial charge in [-0.3, -0.25) is 4.79 Å². The van der Waals surface area contributed by atoms with Crippen molar-refractivity contribution in [3.05, 3.63) is 0 Å². The van der Waals surface area contributed by atoms with Gasteiger partial charge in [0, 0.05) is 0 Å². The average Bonchev–Trinajstić information content (AvgIpc) is 1.88. The fourth-order valence-corrected chi connectivity index (χ4v) is 0.835. The molecule has 0 saturated heterocycles. The topological polar surface area (TPSA) is 95.4 Å². The number of hydrogen-bond acceptors (Lipinski definition) is 4. The second-order valence-corrected chi connectivity index (χ2v) is 2.10. The number of rotatable bonds is 3. The van der Waals surface area contributed by atoms with Crippen LogP contribution >= 0.6 is 9.24 Å². The fourth-order valence-electron chi connectivity index (χ4n) is 0.411. The summed E-state index contributed by atoms with van der Waals surface area (Å²) in [5.74, 6) is 2.04. The van der Waals surface area contributed by atoms with E-state index in [1.165, 1.54) is 0 Å². The molecule has 58 valence electrons. The molecule has 0 fully saturated rings. The van der Waals surface area contributed by atoms with Crippen molar-refractivity contribution in [1.29, 1.82) is 0 Å². The van der Waals surface area contributed by atoms with E-state index in [0.717, 1.165) is 0 Å². The van der Waals surface area contributed by atoms with Gasteiger partial charge in [0.05, 0.1) is 0 Å². The molecule has 0 aromatic rings. The molecule has 0 bridgehead atoms. The molecular weight excluding hydrogens is 155 g/mol. The lowest BCUT2D eigenvalue weighted by Crippen LogP contribution is -2.34. The highest BCUT2D eigenvalue weighted by atomic mass is 31.0. The first-order valence-corrected chi connectivity index (χ1v) is 3.35. The van der Waals surface area contributed by atoms with Crippen LogP contribution in [-0.2, 0) is 14.4 Å². The van der Waals surface area contributed by atoms with Gasteiger partial charge in [0.2, 0.25) is 5.91 Å². The van der Waals surface area contributed by atoms with Crippen LogP contribution < -0.4 is 11.6 Å². The molecule has 0 aliphatic heterocycles. The van der Waals surface area contributed by atoms with Gasteiger partial charge in [-0.2, -0.15) is 5.90 Å². The Balaban J connectivity index is 4.06. The average molecular weight is 164 g/mol. The number of nitrogens with two attached hydrogens (primary N) is 2. The quantitative estimate of drug-likeness (QED) is 0.297. The first-order chi connectivity index (χ1) is 4.63. The number of carbonyl (C=O) groups excluding carboxylic acids is 2. The molecule has 0 aromatic carbocycles. The molecular formula is C4H9N2O3P. The van der Waals surface area contributed by atoms with Gasteiger partial charge in [0.15, 0.2) is 0 Å². The van der Waals surface area contributed by atoms with E-state index in [1.54, 1.807) is 0 Å². The van der Waals surface area contributed by atoms with Gasteiger partial charge in [-0.1, -0.05) is 0 Å². The smallest absolute Gasteiger partial charge is 0.337 e. The monoisotopic (exact) mass is 164 g/mol. The third kappa shape index (κ3) is 2.29. The Bertz CT molecular complexity index is 149. The van der Waals surface area contributed by atoms with Crippen molar-refractivity contribution in [2.75, 3.05) is 6.16 Å². The first kappa shape index (κ1) is 9.33. The number of primary amides is 1. The maximum absolute atomic E-state index is 10.5. The molecule has 2 unspecified atom stereocenters. The molecule has 0 saturated carbocycles. The molecule has 4 N–H and O–H groups in total. The zero-order valence-electron chi connectivity index (χ0n) is 5.24. The Morgan fingerprint density at radius 1 is 1.60 bits per heavy atom. The third-order valence-electron chi connectivity index (χ3n) is 0.980. The van der Waals surface area contributed by atoms with Gasteiger partial charge in [0.1, 0.15) is 5.92 Å². The lowest BCUT2D eigenvalue weighted by atomic mass is 10.2. The molecule has 0 spiro atoms. The molecule has 1 amide bonds. The van der Waals surface area contributed by atoms with E-state index in [0.29, 0.717) is 0 Å². The molecule has 6 heteroatoms. The molecule has 0 aliphatic rings. The molecule has 5 nitrogen and oxygen atoms in total. The minimum Gasteiger partial charge on any atom is -0.373 e. The number of hydrogen-bond donors (Lipinski definition) is 2. The van der Waals surface area contributed by atoms with E-state index in [4.69, 9.17) is 5.73 Å². The fraction of sp³-hybridized carbons (Fsp3) is 0.500. The lowest BCUT2D eigenvalue weighted by Gasteiger charge is -2.05. The van der Waals surface area contributed by atoms with Crippen molar-refractivity contribution in [2.24, 2.45) is 17.5 Å². The Kier molecular flexibility index (Phi) is 3.91. The summed E-state index contributed by atoms with van der Waals surface area (Å²) in [4.78, 5) is 24.7. The van der Waals surface area contributed by atoms with E-state index in [2.05, 4.69) is 20.0 Å². The zero-order chi connectivity index (χ0) is 8.15. The first-order valence-electron chi connectivity index (χ1n) is 2.53. The Labute approximate surface area is 60.2 Å². The lowest BCUT2D eigenvalue weighted by molar-refractivity contribution is -0.151. The minimum absolute atomic E-state index is 0.228. The van der Waals surface area contributed by atoms with Crippen LogP contribution in [0.5, 0.6) is 0 Å². The van der Waals surface area contributed by atoms with Gasteiger partial charge in [-0.15, -0.1) is 9.24 Å². The van der Waals surface area contributed by atoms with E-state index in [9.17, 15) is 9.59 Å². The predicted octanol–water partition coefficient (Wildman–Crippen LogP) is -1.62. The van der Waals surface area contributed by atoms with Crippen molar-refractivity contribution >= 4 is 21.1 Å². The largest absolute Gasteiger partial charge is 0.373 e. The maximum Gasteiger partial charge on any atom is 0.337 e. The standard InChI is InChI=1S/C4H9N2O3P/c5-3(7)2(1-10)4(8)9-6/h2H,1,6,10H2,(H2,5,7). The van der Waals surface area contributed by atoms with E-state index < -0.39 is 17.8 Å². The highest BCUT2D eigenvalue weighted by Crippen LogP contribution is 2.01. The zero-order valence-corrected chi connectivity index (χ0v) is 6.40. The second kappa shape index (κ2) is 4.19. The van der Waals surface area contributed by atoms with Crippen LogP contribution in [0.4, 0.5) is 0 Å². The van der Waals surface area contributed by atoms with Crippen LogP contribution in [0.15, 0.2) is 0 Å². The maximum atomic E-state index is 10.5. The Hall–Kier alpha value is -0.670. The molecule has 0 aromatic heterocycles. The van der Waals surface area contributed by atoms with Crippen LogP contribution in [0, 0.1) is 5.92 Å². The Morgan fingerprint density at radius 3 is 2.20 bits per heavy atom. The van der Waals surface area contributed by atoms with Crippen molar-refractivity contribution < 1.29 is 14.4 Å². The van der Waals surface area contributed by atoms with Gasteiger partial charge in [-0.05, 0) is 6.16 Å². The predicted molar refractivity (Wildman–Crippen MR) is 37.5 cm³/mol. The highest BCUT2D eigenvalue weighted by molar-refractivity contribution is 7.16. The summed E-state index contributed by atoms with van der Waals surface area (Å²) in [5.41, 5.74) is 4.82. The second-order valence-electron chi connectivity index (χ2n) is 1.63. The van der Waals surface area contributed by atoms with E-state index >= 15 is 0 Å². The normalized spacial score (nSPS) is 12.2. The van der Waals surface area contributed by atoms with Crippen LogP contribution in [0.25, 0.3) is 0 Å². The van der Waals surface area contributed by atoms with Crippen LogP contribution in [0.3, 0.4) is 0 Å². The van der Waals surface area contributed by atoms with Crippen LogP contribution in [0.2, 0.25) is 0 Å².